The highest BCUT2D eigenvalue weighted by molar-refractivity contribution is 9.10. The van der Waals surface area contributed by atoms with E-state index in [9.17, 15) is 18.0 Å². The van der Waals surface area contributed by atoms with E-state index in [1.165, 1.54) is 12.3 Å². The molecule has 2 aromatic rings. The van der Waals surface area contributed by atoms with Crippen molar-refractivity contribution in [2.75, 3.05) is 5.32 Å². The van der Waals surface area contributed by atoms with Crippen LogP contribution in [0, 0.1) is 17.5 Å². The number of furan rings is 1. The van der Waals surface area contributed by atoms with E-state index in [4.69, 9.17) is 4.42 Å². The van der Waals surface area contributed by atoms with E-state index < -0.39 is 29.0 Å². The van der Waals surface area contributed by atoms with E-state index in [1.54, 1.807) is 0 Å². The van der Waals surface area contributed by atoms with Crippen molar-refractivity contribution in [2.24, 2.45) is 0 Å². The molecular weight excluding hydrogens is 315 g/mol. The van der Waals surface area contributed by atoms with Crippen LogP contribution in [0.5, 0.6) is 0 Å². The molecule has 1 heterocycles. The Labute approximate surface area is 108 Å². The van der Waals surface area contributed by atoms with Crippen LogP contribution in [-0.2, 0) is 0 Å². The van der Waals surface area contributed by atoms with E-state index in [-0.39, 0.29) is 10.2 Å². The van der Waals surface area contributed by atoms with Crippen LogP contribution in [0.2, 0.25) is 0 Å². The average molecular weight is 320 g/mol. The van der Waals surface area contributed by atoms with Crippen molar-refractivity contribution in [1.82, 2.24) is 0 Å². The lowest BCUT2D eigenvalue weighted by molar-refractivity contribution is 0.102. The van der Waals surface area contributed by atoms with Crippen LogP contribution in [0.3, 0.4) is 0 Å². The molecule has 0 fully saturated rings. The molecule has 94 valence electrons. The first-order valence-corrected chi connectivity index (χ1v) is 5.47. The zero-order chi connectivity index (χ0) is 13.3. The second-order valence-corrected chi connectivity index (χ2v) is 4.03. The number of amides is 1. The monoisotopic (exact) mass is 319 g/mol. The summed E-state index contributed by atoms with van der Waals surface area (Å²) in [4.78, 5) is 11.7. The number of carbonyl (C=O) groups is 1. The first-order valence-electron chi connectivity index (χ1n) is 4.68. The topological polar surface area (TPSA) is 42.2 Å². The summed E-state index contributed by atoms with van der Waals surface area (Å²) in [7, 11) is 0. The van der Waals surface area contributed by atoms with Gasteiger partial charge in [0.05, 0.1) is 11.8 Å². The summed E-state index contributed by atoms with van der Waals surface area (Å²) < 4.78 is 44.2. The van der Waals surface area contributed by atoms with E-state index in [0.717, 1.165) is 0 Å². The molecule has 7 heteroatoms. The van der Waals surface area contributed by atoms with Crippen LogP contribution in [-0.4, -0.2) is 5.91 Å². The normalized spacial score (nSPS) is 10.4. The Morgan fingerprint density at radius 3 is 2.33 bits per heavy atom. The van der Waals surface area contributed by atoms with Crippen molar-refractivity contribution in [3.8, 4) is 0 Å². The molecule has 0 saturated heterocycles. The maximum absolute atomic E-state index is 13.3. The van der Waals surface area contributed by atoms with Crippen LogP contribution >= 0.6 is 15.9 Å². The number of hydrogen-bond donors (Lipinski definition) is 1. The standard InChI is InChI=1S/C11H5BrF3NO2/c12-10-6(1-2-18-10)11(17)16-9-7(14)3-5(13)4-8(9)15/h1-4H,(H,16,17). The third-order valence-electron chi connectivity index (χ3n) is 2.11. The van der Waals surface area contributed by atoms with Gasteiger partial charge in [-0.1, -0.05) is 0 Å². The first-order chi connectivity index (χ1) is 8.49. The third kappa shape index (κ3) is 2.40. The van der Waals surface area contributed by atoms with Gasteiger partial charge < -0.3 is 9.73 Å². The summed E-state index contributed by atoms with van der Waals surface area (Å²) in [6, 6.07) is 2.27. The molecule has 0 radical (unpaired) electrons. The molecule has 0 atom stereocenters. The second-order valence-electron chi connectivity index (χ2n) is 3.31. The molecular formula is C11H5BrF3NO2. The Kier molecular flexibility index (Phi) is 3.42. The van der Waals surface area contributed by atoms with Crippen molar-refractivity contribution in [1.29, 1.82) is 0 Å². The molecule has 1 N–H and O–H groups in total. The Hall–Kier alpha value is -1.76. The number of halogens is 4. The summed E-state index contributed by atoms with van der Waals surface area (Å²) in [5.74, 6) is -4.23. The number of benzene rings is 1. The Morgan fingerprint density at radius 1 is 1.22 bits per heavy atom. The van der Waals surface area contributed by atoms with Crippen molar-refractivity contribution in [3.05, 3.63) is 52.1 Å². The number of nitrogens with one attached hydrogen (secondary N) is 1. The SMILES string of the molecule is O=C(Nc1c(F)cc(F)cc1F)c1ccoc1Br. The maximum atomic E-state index is 13.3. The summed E-state index contributed by atoms with van der Waals surface area (Å²) in [5, 5.41) is 2.00. The van der Waals surface area contributed by atoms with Gasteiger partial charge in [0.25, 0.3) is 5.91 Å². The zero-order valence-electron chi connectivity index (χ0n) is 8.64. The third-order valence-corrected chi connectivity index (χ3v) is 2.72. The molecule has 1 aromatic heterocycles. The minimum Gasteiger partial charge on any atom is -0.457 e. The van der Waals surface area contributed by atoms with Crippen LogP contribution < -0.4 is 5.32 Å². The van der Waals surface area contributed by atoms with Crippen LogP contribution in [0.1, 0.15) is 10.4 Å². The van der Waals surface area contributed by atoms with Crippen LogP contribution in [0.4, 0.5) is 18.9 Å². The lowest BCUT2D eigenvalue weighted by Gasteiger charge is -2.06. The van der Waals surface area contributed by atoms with Gasteiger partial charge in [-0.2, -0.15) is 0 Å². The molecule has 1 amide bonds. The summed E-state index contributed by atoms with van der Waals surface area (Å²) in [6.07, 6.45) is 1.23. The summed E-state index contributed by atoms with van der Waals surface area (Å²) in [6.45, 7) is 0. The van der Waals surface area contributed by atoms with E-state index >= 15 is 0 Å². The van der Waals surface area contributed by atoms with E-state index in [2.05, 4.69) is 15.9 Å². The molecule has 1 aromatic carbocycles. The van der Waals surface area contributed by atoms with Gasteiger partial charge in [0.2, 0.25) is 0 Å². The number of carbonyl (C=O) groups excluding carboxylic acids is 1. The first kappa shape index (κ1) is 12.7. The molecule has 2 rings (SSSR count). The average Bonchev–Trinajstić information content (AvgIpc) is 2.69. The fourth-order valence-corrected chi connectivity index (χ4v) is 1.72. The molecule has 3 nitrogen and oxygen atoms in total. The maximum Gasteiger partial charge on any atom is 0.260 e. The molecule has 0 bridgehead atoms. The highest BCUT2D eigenvalue weighted by atomic mass is 79.9. The van der Waals surface area contributed by atoms with Crippen LogP contribution in [0.15, 0.2) is 33.5 Å². The fourth-order valence-electron chi connectivity index (χ4n) is 1.30. The summed E-state index contributed by atoms with van der Waals surface area (Å²) in [5.41, 5.74) is -0.646. The lowest BCUT2D eigenvalue weighted by atomic mass is 10.2. The zero-order valence-corrected chi connectivity index (χ0v) is 10.2. The van der Waals surface area contributed by atoms with Crippen molar-refractivity contribution >= 4 is 27.5 Å². The number of rotatable bonds is 2. The Bertz CT molecular complexity index is 589. The highest BCUT2D eigenvalue weighted by Gasteiger charge is 2.18. The Balaban J connectivity index is 2.31. The van der Waals surface area contributed by atoms with Gasteiger partial charge in [0.15, 0.2) is 16.3 Å². The quantitative estimate of drug-likeness (QED) is 0.916. The predicted octanol–water partition coefficient (Wildman–Crippen LogP) is 3.71. The molecule has 0 aliphatic carbocycles. The van der Waals surface area contributed by atoms with Gasteiger partial charge in [0.1, 0.15) is 11.5 Å². The molecule has 0 unspecified atom stereocenters. The lowest BCUT2D eigenvalue weighted by Crippen LogP contribution is -2.14. The molecule has 0 saturated carbocycles. The number of anilines is 1. The molecule has 18 heavy (non-hydrogen) atoms. The van der Waals surface area contributed by atoms with E-state index in [1.807, 2.05) is 5.32 Å². The highest BCUT2D eigenvalue weighted by Crippen LogP contribution is 2.23. The molecule has 0 aliphatic rings. The van der Waals surface area contributed by atoms with Gasteiger partial charge in [-0.3, -0.25) is 4.79 Å². The van der Waals surface area contributed by atoms with Gasteiger partial charge in [0, 0.05) is 12.1 Å². The van der Waals surface area contributed by atoms with E-state index in [0.29, 0.717) is 12.1 Å². The Morgan fingerprint density at radius 2 is 1.83 bits per heavy atom. The van der Waals surface area contributed by atoms with Crippen LogP contribution in [0.25, 0.3) is 0 Å². The minimum atomic E-state index is -1.19. The van der Waals surface area contributed by atoms with Crippen molar-refractivity contribution in [3.63, 3.8) is 0 Å². The second kappa shape index (κ2) is 4.85. The minimum absolute atomic E-state index is 0.0677. The smallest absolute Gasteiger partial charge is 0.260 e. The summed E-state index contributed by atoms with van der Waals surface area (Å²) >= 11 is 2.95. The largest absolute Gasteiger partial charge is 0.457 e. The molecule has 0 spiro atoms. The van der Waals surface area contributed by atoms with Gasteiger partial charge in [-0.15, -0.1) is 0 Å². The van der Waals surface area contributed by atoms with Gasteiger partial charge in [-0.05, 0) is 22.0 Å². The van der Waals surface area contributed by atoms with Gasteiger partial charge >= 0.3 is 0 Å². The molecule has 0 aliphatic heterocycles. The van der Waals surface area contributed by atoms with Crippen molar-refractivity contribution < 1.29 is 22.4 Å². The predicted molar refractivity (Wildman–Crippen MR) is 60.7 cm³/mol. The number of hydrogen-bond acceptors (Lipinski definition) is 2. The van der Waals surface area contributed by atoms with Gasteiger partial charge in [-0.25, -0.2) is 13.2 Å². The fraction of sp³-hybridized carbons (Fsp3) is 0. The van der Waals surface area contributed by atoms with Crippen molar-refractivity contribution in [2.45, 2.75) is 0 Å².